The first-order valence-electron chi connectivity index (χ1n) is 10.3. The summed E-state index contributed by atoms with van der Waals surface area (Å²) in [6.07, 6.45) is 7.06. The molecule has 7 heteroatoms. The molecule has 1 atom stereocenters. The van der Waals surface area contributed by atoms with Crippen molar-refractivity contribution in [1.82, 2.24) is 19.8 Å². The van der Waals surface area contributed by atoms with Crippen LogP contribution >= 0.6 is 0 Å². The Balaban J connectivity index is 1.30. The van der Waals surface area contributed by atoms with Crippen LogP contribution in [-0.4, -0.2) is 58.1 Å². The molecular weight excluding hydrogens is 368 g/mol. The standard InChI is InChI=1S/C22H28N4O3/c1-25-11-4-6-19(25)21(28)26-12-8-22(9-13-26)15-17(7-14-29-22)16-24-20(27)18-5-2-3-10-23-18/h2-6,10-11,17H,7-9,12-16H2,1H3,(H,24,27). The van der Waals surface area contributed by atoms with E-state index in [9.17, 15) is 9.59 Å². The van der Waals surface area contributed by atoms with Crippen molar-refractivity contribution in [2.24, 2.45) is 13.0 Å². The zero-order chi connectivity index (χ0) is 20.3. The van der Waals surface area contributed by atoms with Gasteiger partial charge in [0.15, 0.2) is 0 Å². The van der Waals surface area contributed by atoms with Crippen LogP contribution in [-0.2, 0) is 11.8 Å². The minimum Gasteiger partial charge on any atom is -0.375 e. The maximum Gasteiger partial charge on any atom is 0.270 e. The molecule has 1 spiro atoms. The van der Waals surface area contributed by atoms with Gasteiger partial charge in [0.2, 0.25) is 0 Å². The largest absolute Gasteiger partial charge is 0.375 e. The Bertz CT molecular complexity index is 856. The van der Waals surface area contributed by atoms with Crippen LogP contribution in [0.1, 0.15) is 46.7 Å². The fourth-order valence-electron chi connectivity index (χ4n) is 4.44. The van der Waals surface area contributed by atoms with Gasteiger partial charge in [0.1, 0.15) is 11.4 Å². The van der Waals surface area contributed by atoms with E-state index < -0.39 is 0 Å². The van der Waals surface area contributed by atoms with Gasteiger partial charge in [0.05, 0.1) is 5.60 Å². The summed E-state index contributed by atoms with van der Waals surface area (Å²) in [6, 6.07) is 9.10. The van der Waals surface area contributed by atoms with E-state index in [0.29, 0.717) is 37.9 Å². The lowest BCUT2D eigenvalue weighted by Crippen LogP contribution is -2.52. The second-order valence-electron chi connectivity index (χ2n) is 8.11. The summed E-state index contributed by atoms with van der Waals surface area (Å²) in [5, 5.41) is 3.02. The van der Waals surface area contributed by atoms with Crippen LogP contribution in [0.3, 0.4) is 0 Å². The fraction of sp³-hybridized carbons (Fsp3) is 0.500. The van der Waals surface area contributed by atoms with E-state index in [1.54, 1.807) is 18.3 Å². The summed E-state index contributed by atoms with van der Waals surface area (Å²) in [5.41, 5.74) is 0.992. The number of aryl methyl sites for hydroxylation is 1. The first-order valence-corrected chi connectivity index (χ1v) is 10.3. The molecule has 2 aliphatic heterocycles. The average molecular weight is 396 g/mol. The predicted octanol–water partition coefficient (Wildman–Crippen LogP) is 2.25. The van der Waals surface area contributed by atoms with Gasteiger partial charge in [-0.05, 0) is 55.9 Å². The van der Waals surface area contributed by atoms with E-state index in [0.717, 1.165) is 31.4 Å². The van der Waals surface area contributed by atoms with Crippen LogP contribution in [0.5, 0.6) is 0 Å². The molecule has 0 aliphatic carbocycles. The van der Waals surface area contributed by atoms with E-state index in [-0.39, 0.29) is 17.4 Å². The molecular formula is C22H28N4O3. The molecule has 2 aromatic heterocycles. The Labute approximate surface area is 171 Å². The van der Waals surface area contributed by atoms with Gasteiger partial charge < -0.3 is 19.5 Å². The lowest BCUT2D eigenvalue weighted by Gasteiger charge is -2.46. The number of carbonyl (C=O) groups is 2. The number of hydrogen-bond donors (Lipinski definition) is 1. The van der Waals surface area contributed by atoms with Gasteiger partial charge in [-0.25, -0.2) is 0 Å². The highest BCUT2D eigenvalue weighted by Gasteiger charge is 2.41. The molecule has 0 radical (unpaired) electrons. The maximum atomic E-state index is 12.7. The van der Waals surface area contributed by atoms with Crippen molar-refractivity contribution >= 4 is 11.8 Å². The second-order valence-corrected chi connectivity index (χ2v) is 8.11. The molecule has 1 unspecified atom stereocenters. The number of nitrogens with zero attached hydrogens (tertiary/aromatic N) is 3. The number of piperidine rings is 1. The van der Waals surface area contributed by atoms with Gasteiger partial charge in [-0.1, -0.05) is 6.07 Å². The van der Waals surface area contributed by atoms with Crippen LogP contribution in [0.2, 0.25) is 0 Å². The van der Waals surface area contributed by atoms with Crippen LogP contribution in [0.15, 0.2) is 42.7 Å². The summed E-state index contributed by atoms with van der Waals surface area (Å²) in [6.45, 7) is 2.75. The maximum absolute atomic E-state index is 12.7. The SMILES string of the molecule is Cn1cccc1C(=O)N1CCC2(CC1)CC(CNC(=O)c1ccccn1)CCO2. The second kappa shape index (κ2) is 8.37. The number of carbonyl (C=O) groups excluding carboxylic acids is 2. The van der Waals surface area contributed by atoms with Crippen molar-refractivity contribution in [2.75, 3.05) is 26.2 Å². The third-order valence-electron chi connectivity index (χ3n) is 6.17. The van der Waals surface area contributed by atoms with Gasteiger partial charge >= 0.3 is 0 Å². The number of nitrogens with one attached hydrogen (secondary N) is 1. The summed E-state index contributed by atoms with van der Waals surface area (Å²) >= 11 is 0. The molecule has 0 saturated carbocycles. The monoisotopic (exact) mass is 396 g/mol. The minimum atomic E-state index is -0.177. The summed E-state index contributed by atoms with van der Waals surface area (Å²) in [4.78, 5) is 31.0. The molecule has 2 amide bonds. The number of hydrogen-bond acceptors (Lipinski definition) is 4. The summed E-state index contributed by atoms with van der Waals surface area (Å²) < 4.78 is 8.07. The number of pyridine rings is 1. The topological polar surface area (TPSA) is 76.5 Å². The van der Waals surface area contributed by atoms with Crippen LogP contribution < -0.4 is 5.32 Å². The van der Waals surface area contributed by atoms with Gasteiger partial charge in [-0.2, -0.15) is 0 Å². The first kappa shape index (κ1) is 19.6. The number of amides is 2. The molecule has 2 fully saturated rings. The molecule has 4 rings (SSSR count). The molecule has 154 valence electrons. The van der Waals surface area contributed by atoms with Crippen molar-refractivity contribution < 1.29 is 14.3 Å². The molecule has 2 aromatic rings. The zero-order valence-corrected chi connectivity index (χ0v) is 16.8. The van der Waals surface area contributed by atoms with Gasteiger partial charge in [0, 0.05) is 45.7 Å². The smallest absolute Gasteiger partial charge is 0.270 e. The van der Waals surface area contributed by atoms with Crippen molar-refractivity contribution in [1.29, 1.82) is 0 Å². The highest BCUT2D eigenvalue weighted by molar-refractivity contribution is 5.93. The number of aromatic nitrogens is 2. The van der Waals surface area contributed by atoms with E-state index in [2.05, 4.69) is 10.3 Å². The van der Waals surface area contributed by atoms with Gasteiger partial charge in [-0.3, -0.25) is 14.6 Å². The number of likely N-dealkylation sites (tertiary alicyclic amines) is 1. The molecule has 29 heavy (non-hydrogen) atoms. The molecule has 0 aromatic carbocycles. The number of ether oxygens (including phenoxy) is 1. The summed E-state index contributed by atoms with van der Waals surface area (Å²) in [5.74, 6) is 0.336. The van der Waals surface area contributed by atoms with Crippen LogP contribution in [0.25, 0.3) is 0 Å². The van der Waals surface area contributed by atoms with Crippen molar-refractivity contribution in [3.8, 4) is 0 Å². The Morgan fingerprint density at radius 3 is 2.76 bits per heavy atom. The van der Waals surface area contributed by atoms with Crippen molar-refractivity contribution in [3.63, 3.8) is 0 Å². The highest BCUT2D eigenvalue weighted by atomic mass is 16.5. The fourth-order valence-corrected chi connectivity index (χ4v) is 4.44. The van der Waals surface area contributed by atoms with Gasteiger partial charge in [0.25, 0.3) is 11.8 Å². The third-order valence-corrected chi connectivity index (χ3v) is 6.17. The molecule has 2 saturated heterocycles. The summed E-state index contributed by atoms with van der Waals surface area (Å²) in [7, 11) is 1.90. The van der Waals surface area contributed by atoms with Crippen molar-refractivity contribution in [2.45, 2.75) is 31.3 Å². The minimum absolute atomic E-state index is 0.0855. The number of rotatable bonds is 4. The van der Waals surface area contributed by atoms with E-state index in [1.807, 2.05) is 40.9 Å². The normalized spacial score (nSPS) is 21.1. The van der Waals surface area contributed by atoms with E-state index in [4.69, 9.17) is 4.74 Å². The highest BCUT2D eigenvalue weighted by Crippen LogP contribution is 2.37. The van der Waals surface area contributed by atoms with Crippen LogP contribution in [0.4, 0.5) is 0 Å². The Kier molecular flexibility index (Phi) is 5.67. The molecule has 7 nitrogen and oxygen atoms in total. The Morgan fingerprint density at radius 2 is 2.07 bits per heavy atom. The quantitative estimate of drug-likeness (QED) is 0.860. The average Bonchev–Trinajstić information content (AvgIpc) is 3.19. The Hall–Kier alpha value is -2.67. The molecule has 1 N–H and O–H groups in total. The van der Waals surface area contributed by atoms with Crippen LogP contribution in [0, 0.1) is 5.92 Å². The molecule has 0 bridgehead atoms. The first-order chi connectivity index (χ1) is 14.1. The third kappa shape index (κ3) is 4.34. The lowest BCUT2D eigenvalue weighted by molar-refractivity contribution is -0.122. The zero-order valence-electron chi connectivity index (χ0n) is 16.8. The van der Waals surface area contributed by atoms with Crippen molar-refractivity contribution in [3.05, 3.63) is 54.1 Å². The Morgan fingerprint density at radius 1 is 1.24 bits per heavy atom. The molecule has 4 heterocycles. The van der Waals surface area contributed by atoms with E-state index in [1.165, 1.54) is 0 Å². The molecule has 2 aliphatic rings. The lowest BCUT2D eigenvalue weighted by atomic mass is 9.79. The predicted molar refractivity (Wildman–Crippen MR) is 109 cm³/mol. The van der Waals surface area contributed by atoms with E-state index >= 15 is 0 Å². The van der Waals surface area contributed by atoms with Gasteiger partial charge in [-0.15, -0.1) is 0 Å².